The van der Waals surface area contributed by atoms with E-state index in [2.05, 4.69) is 0 Å². The third kappa shape index (κ3) is 4.34. The van der Waals surface area contributed by atoms with E-state index in [1.165, 1.54) is 6.07 Å². The molecule has 4 nitrogen and oxygen atoms in total. The van der Waals surface area contributed by atoms with Crippen molar-refractivity contribution in [2.24, 2.45) is 0 Å². The SMILES string of the molecule is CCC(c1ccccc1)c1c(O)cc(C(Cc2ccccc2)[C@@H](C)O)oc1=O. The van der Waals surface area contributed by atoms with Gasteiger partial charge in [-0.3, -0.25) is 0 Å². The molecule has 2 unspecified atom stereocenters. The Bertz CT molecular complexity index is 945. The molecule has 0 aliphatic rings. The van der Waals surface area contributed by atoms with Gasteiger partial charge in [-0.15, -0.1) is 0 Å². The third-order valence-corrected chi connectivity index (χ3v) is 5.19. The van der Waals surface area contributed by atoms with E-state index in [1.54, 1.807) is 6.92 Å². The van der Waals surface area contributed by atoms with Crippen LogP contribution >= 0.6 is 0 Å². The van der Waals surface area contributed by atoms with Crippen molar-refractivity contribution in [3.8, 4) is 5.75 Å². The van der Waals surface area contributed by atoms with Crippen molar-refractivity contribution >= 4 is 0 Å². The van der Waals surface area contributed by atoms with E-state index < -0.39 is 17.6 Å². The number of rotatable bonds is 7. The molecule has 146 valence electrons. The van der Waals surface area contributed by atoms with Crippen LogP contribution in [0.25, 0.3) is 0 Å². The summed E-state index contributed by atoms with van der Waals surface area (Å²) in [7, 11) is 0. The van der Waals surface area contributed by atoms with Crippen molar-refractivity contribution in [1.82, 2.24) is 0 Å². The molecule has 2 aromatic carbocycles. The van der Waals surface area contributed by atoms with Gasteiger partial charge in [0.15, 0.2) is 0 Å². The molecule has 0 bridgehead atoms. The molecule has 28 heavy (non-hydrogen) atoms. The Morgan fingerprint density at radius 2 is 1.61 bits per heavy atom. The summed E-state index contributed by atoms with van der Waals surface area (Å²) in [6.45, 7) is 3.63. The molecule has 3 aromatic rings. The topological polar surface area (TPSA) is 70.7 Å². The van der Waals surface area contributed by atoms with Crippen molar-refractivity contribution in [2.45, 2.75) is 44.6 Å². The van der Waals surface area contributed by atoms with E-state index in [9.17, 15) is 15.0 Å². The Labute approximate surface area is 165 Å². The zero-order valence-corrected chi connectivity index (χ0v) is 16.2. The Balaban J connectivity index is 1.99. The van der Waals surface area contributed by atoms with Crippen LogP contribution in [0.3, 0.4) is 0 Å². The fourth-order valence-electron chi connectivity index (χ4n) is 3.68. The van der Waals surface area contributed by atoms with Crippen LogP contribution in [0.15, 0.2) is 75.9 Å². The minimum Gasteiger partial charge on any atom is -0.507 e. The summed E-state index contributed by atoms with van der Waals surface area (Å²) in [6, 6.07) is 20.8. The first-order valence-electron chi connectivity index (χ1n) is 9.65. The summed E-state index contributed by atoms with van der Waals surface area (Å²) in [5, 5.41) is 21.0. The lowest BCUT2D eigenvalue weighted by atomic mass is 9.88. The third-order valence-electron chi connectivity index (χ3n) is 5.19. The number of aromatic hydroxyl groups is 1. The van der Waals surface area contributed by atoms with Crippen molar-refractivity contribution in [3.05, 3.63) is 99.6 Å². The van der Waals surface area contributed by atoms with Crippen LogP contribution in [0.5, 0.6) is 5.75 Å². The van der Waals surface area contributed by atoms with E-state index in [0.29, 0.717) is 18.6 Å². The van der Waals surface area contributed by atoms with Gasteiger partial charge in [0, 0.05) is 17.9 Å². The molecular weight excluding hydrogens is 352 g/mol. The quantitative estimate of drug-likeness (QED) is 0.631. The second-order valence-electron chi connectivity index (χ2n) is 7.14. The second-order valence-corrected chi connectivity index (χ2v) is 7.14. The van der Waals surface area contributed by atoms with Crippen LogP contribution in [0.4, 0.5) is 0 Å². The van der Waals surface area contributed by atoms with Crippen LogP contribution < -0.4 is 5.63 Å². The van der Waals surface area contributed by atoms with E-state index in [0.717, 1.165) is 11.1 Å². The first-order valence-corrected chi connectivity index (χ1v) is 9.65. The number of hydrogen-bond acceptors (Lipinski definition) is 4. The molecule has 0 radical (unpaired) electrons. The first-order chi connectivity index (χ1) is 13.5. The van der Waals surface area contributed by atoms with Crippen LogP contribution in [0, 0.1) is 0 Å². The molecule has 0 spiro atoms. The first kappa shape index (κ1) is 19.9. The van der Waals surface area contributed by atoms with E-state index in [-0.39, 0.29) is 17.2 Å². The summed E-state index contributed by atoms with van der Waals surface area (Å²) in [5.74, 6) is -0.453. The van der Waals surface area contributed by atoms with Gasteiger partial charge in [0.25, 0.3) is 0 Å². The largest absolute Gasteiger partial charge is 0.507 e. The van der Waals surface area contributed by atoms with Gasteiger partial charge < -0.3 is 14.6 Å². The van der Waals surface area contributed by atoms with Crippen LogP contribution in [-0.4, -0.2) is 16.3 Å². The summed E-state index contributed by atoms with van der Waals surface area (Å²) in [4.78, 5) is 12.8. The minimum atomic E-state index is -0.732. The molecule has 0 fully saturated rings. The predicted octanol–water partition coefficient (Wildman–Crippen LogP) is 4.59. The Kier molecular flexibility index (Phi) is 6.32. The van der Waals surface area contributed by atoms with Crippen LogP contribution in [-0.2, 0) is 6.42 Å². The number of benzene rings is 2. The average molecular weight is 378 g/mol. The van der Waals surface area contributed by atoms with Gasteiger partial charge in [-0.05, 0) is 30.9 Å². The van der Waals surface area contributed by atoms with Crippen LogP contribution in [0.1, 0.15) is 54.6 Å². The molecule has 2 N–H and O–H groups in total. The minimum absolute atomic E-state index is 0.0827. The second kappa shape index (κ2) is 8.89. The summed E-state index contributed by atoms with van der Waals surface area (Å²) in [6.07, 6.45) is 0.437. The number of hydrogen-bond donors (Lipinski definition) is 2. The van der Waals surface area contributed by atoms with Gasteiger partial charge in [0.05, 0.1) is 11.7 Å². The van der Waals surface area contributed by atoms with Crippen molar-refractivity contribution in [3.63, 3.8) is 0 Å². The standard InChI is InChI=1S/C24H26O4/c1-3-19(18-12-8-5-9-13-18)23-21(26)15-22(28-24(23)27)20(16(2)25)14-17-10-6-4-7-11-17/h4-13,15-16,19-20,25-26H,3,14H2,1-2H3/t16-,19?,20?/m1/s1. The Morgan fingerprint density at radius 1 is 1.00 bits per heavy atom. The summed E-state index contributed by atoms with van der Waals surface area (Å²) in [5.41, 5.74) is 1.69. The van der Waals surface area contributed by atoms with Crippen molar-refractivity contribution in [1.29, 1.82) is 0 Å². The van der Waals surface area contributed by atoms with E-state index >= 15 is 0 Å². The number of aliphatic hydroxyl groups is 1. The predicted molar refractivity (Wildman–Crippen MR) is 110 cm³/mol. The van der Waals surface area contributed by atoms with Gasteiger partial charge in [-0.25, -0.2) is 4.79 Å². The van der Waals surface area contributed by atoms with Gasteiger partial charge in [0.1, 0.15) is 11.5 Å². The lowest BCUT2D eigenvalue weighted by Gasteiger charge is -2.21. The van der Waals surface area contributed by atoms with Gasteiger partial charge in [-0.1, -0.05) is 67.6 Å². The monoisotopic (exact) mass is 378 g/mol. The smallest absolute Gasteiger partial charge is 0.343 e. The zero-order valence-electron chi connectivity index (χ0n) is 16.2. The van der Waals surface area contributed by atoms with E-state index in [1.807, 2.05) is 67.6 Å². The van der Waals surface area contributed by atoms with Crippen molar-refractivity contribution < 1.29 is 14.6 Å². The highest BCUT2D eigenvalue weighted by Gasteiger charge is 2.26. The maximum absolute atomic E-state index is 12.8. The molecule has 0 saturated heterocycles. The summed E-state index contributed by atoms with van der Waals surface area (Å²) >= 11 is 0. The fourth-order valence-corrected chi connectivity index (χ4v) is 3.68. The molecule has 0 aliphatic heterocycles. The Hall–Kier alpha value is -2.85. The zero-order chi connectivity index (χ0) is 20.1. The van der Waals surface area contributed by atoms with Gasteiger partial charge in [0.2, 0.25) is 0 Å². The van der Waals surface area contributed by atoms with Crippen LogP contribution in [0.2, 0.25) is 0 Å². The molecule has 3 rings (SSSR count). The maximum Gasteiger partial charge on any atom is 0.343 e. The molecule has 0 aliphatic carbocycles. The highest BCUT2D eigenvalue weighted by molar-refractivity contribution is 5.40. The summed E-state index contributed by atoms with van der Waals surface area (Å²) < 4.78 is 5.61. The fraction of sp³-hybridized carbons (Fsp3) is 0.292. The number of aliphatic hydroxyl groups excluding tert-OH is 1. The average Bonchev–Trinajstić information content (AvgIpc) is 2.70. The van der Waals surface area contributed by atoms with Crippen molar-refractivity contribution in [2.75, 3.05) is 0 Å². The molecule has 3 atom stereocenters. The van der Waals surface area contributed by atoms with E-state index in [4.69, 9.17) is 4.42 Å². The lowest BCUT2D eigenvalue weighted by molar-refractivity contribution is 0.147. The molecule has 0 saturated carbocycles. The van der Waals surface area contributed by atoms with Gasteiger partial charge in [-0.2, -0.15) is 0 Å². The molecule has 4 heteroatoms. The Morgan fingerprint density at radius 3 is 2.14 bits per heavy atom. The molecule has 0 amide bonds. The lowest BCUT2D eigenvalue weighted by Crippen LogP contribution is -2.21. The maximum atomic E-state index is 12.8. The normalized spacial score (nSPS) is 14.4. The highest BCUT2D eigenvalue weighted by Crippen LogP contribution is 2.34. The molecule has 1 heterocycles. The highest BCUT2D eigenvalue weighted by atomic mass is 16.4. The van der Waals surface area contributed by atoms with Gasteiger partial charge >= 0.3 is 5.63 Å². The molecular formula is C24H26O4. The molecule has 1 aromatic heterocycles.